The van der Waals surface area contributed by atoms with Crippen LogP contribution in [0, 0.1) is 17.0 Å². The Labute approximate surface area is 206 Å². The minimum absolute atomic E-state index is 0.0392. The number of thiophene rings is 1. The van der Waals surface area contributed by atoms with E-state index in [4.69, 9.17) is 21.7 Å². The van der Waals surface area contributed by atoms with Gasteiger partial charge in [0.05, 0.1) is 35.5 Å². The quantitative estimate of drug-likeness (QED) is 0.194. The molecule has 10 nitrogen and oxygen atoms in total. The van der Waals surface area contributed by atoms with Gasteiger partial charge in [0.2, 0.25) is 0 Å². The standard InChI is InChI=1S/C20H20F3N3O7S2/c1-4-31-17(27)14-10(3)15(18(28)32-5-2)35-16(14)25-19(34)24-11-6-12(26(29)30)8-13(7-11)33-9-20(21,22)23/h6-8H,4-5,9H2,1-3H3,(H2,24,25,34). The first-order valence-corrected chi connectivity index (χ1v) is 11.1. The van der Waals surface area contributed by atoms with Gasteiger partial charge in [-0.25, -0.2) is 9.59 Å². The molecule has 0 saturated carbocycles. The monoisotopic (exact) mass is 535 g/mol. The Morgan fingerprint density at radius 1 is 1.11 bits per heavy atom. The summed E-state index contributed by atoms with van der Waals surface area (Å²) < 4.78 is 52.1. The van der Waals surface area contributed by atoms with Crippen LogP contribution in [-0.4, -0.2) is 48.0 Å². The summed E-state index contributed by atoms with van der Waals surface area (Å²) in [6.07, 6.45) is -4.65. The summed E-state index contributed by atoms with van der Waals surface area (Å²) in [5.74, 6) is -1.79. The molecule has 0 bridgehead atoms. The molecule has 190 valence electrons. The Morgan fingerprint density at radius 2 is 1.74 bits per heavy atom. The number of hydrogen-bond donors (Lipinski definition) is 2. The summed E-state index contributed by atoms with van der Waals surface area (Å²) in [6, 6.07) is 2.95. The molecule has 0 aliphatic carbocycles. The van der Waals surface area contributed by atoms with Crippen LogP contribution in [0.15, 0.2) is 18.2 Å². The number of ether oxygens (including phenoxy) is 3. The van der Waals surface area contributed by atoms with Gasteiger partial charge in [-0.05, 0) is 38.6 Å². The molecule has 0 radical (unpaired) electrons. The van der Waals surface area contributed by atoms with Gasteiger partial charge in [0.25, 0.3) is 5.69 Å². The van der Waals surface area contributed by atoms with Crippen molar-refractivity contribution in [2.24, 2.45) is 0 Å². The van der Waals surface area contributed by atoms with Gasteiger partial charge >= 0.3 is 18.1 Å². The smallest absolute Gasteiger partial charge is 0.422 e. The second-order valence-electron chi connectivity index (χ2n) is 6.66. The molecule has 2 aromatic rings. The van der Waals surface area contributed by atoms with Gasteiger partial charge in [-0.1, -0.05) is 0 Å². The fourth-order valence-corrected chi connectivity index (χ4v) is 4.09. The third-order valence-corrected chi connectivity index (χ3v) is 5.47. The highest BCUT2D eigenvalue weighted by Crippen LogP contribution is 2.35. The van der Waals surface area contributed by atoms with Crippen molar-refractivity contribution in [1.82, 2.24) is 0 Å². The number of nitrogens with one attached hydrogen (secondary N) is 2. The van der Waals surface area contributed by atoms with Crippen LogP contribution < -0.4 is 15.4 Å². The molecule has 2 rings (SSSR count). The van der Waals surface area contributed by atoms with E-state index in [1.807, 2.05) is 0 Å². The molecule has 15 heteroatoms. The van der Waals surface area contributed by atoms with E-state index in [9.17, 15) is 32.9 Å². The van der Waals surface area contributed by atoms with Gasteiger partial charge in [0.15, 0.2) is 11.7 Å². The first-order valence-electron chi connectivity index (χ1n) is 9.90. The lowest BCUT2D eigenvalue weighted by Gasteiger charge is -2.13. The molecular weight excluding hydrogens is 515 g/mol. The van der Waals surface area contributed by atoms with Crippen molar-refractivity contribution >= 4 is 57.0 Å². The van der Waals surface area contributed by atoms with Crippen molar-refractivity contribution in [2.45, 2.75) is 26.9 Å². The van der Waals surface area contributed by atoms with E-state index < -0.39 is 41.1 Å². The lowest BCUT2D eigenvalue weighted by Crippen LogP contribution is -2.21. The molecule has 1 heterocycles. The number of thiocarbonyl (C=S) groups is 1. The Morgan fingerprint density at radius 3 is 2.31 bits per heavy atom. The van der Waals surface area contributed by atoms with E-state index >= 15 is 0 Å². The van der Waals surface area contributed by atoms with Gasteiger partial charge in [-0.15, -0.1) is 11.3 Å². The third kappa shape index (κ3) is 7.78. The number of alkyl halides is 3. The molecule has 0 unspecified atom stereocenters. The summed E-state index contributed by atoms with van der Waals surface area (Å²) in [5.41, 5.74) is -0.253. The van der Waals surface area contributed by atoms with Crippen molar-refractivity contribution in [3.8, 4) is 5.75 Å². The number of anilines is 2. The molecule has 0 spiro atoms. The van der Waals surface area contributed by atoms with E-state index in [1.165, 1.54) is 6.92 Å². The minimum Gasteiger partial charge on any atom is -0.484 e. The molecule has 35 heavy (non-hydrogen) atoms. The van der Waals surface area contributed by atoms with Gasteiger partial charge in [0.1, 0.15) is 15.6 Å². The predicted molar refractivity (Wildman–Crippen MR) is 125 cm³/mol. The molecule has 0 amide bonds. The summed E-state index contributed by atoms with van der Waals surface area (Å²) >= 11 is 6.08. The third-order valence-electron chi connectivity index (χ3n) is 4.08. The molecule has 1 aromatic carbocycles. The van der Waals surface area contributed by atoms with E-state index in [1.54, 1.807) is 13.8 Å². The van der Waals surface area contributed by atoms with Gasteiger partial charge < -0.3 is 24.8 Å². The van der Waals surface area contributed by atoms with Crippen molar-refractivity contribution in [1.29, 1.82) is 0 Å². The first-order chi connectivity index (χ1) is 16.4. The molecule has 0 aliphatic heterocycles. The zero-order valence-corrected chi connectivity index (χ0v) is 20.2. The SMILES string of the molecule is CCOC(=O)c1sc(NC(=S)Nc2cc(OCC(F)(F)F)cc([N+](=O)[O-])c2)c(C(=O)OCC)c1C. The summed E-state index contributed by atoms with van der Waals surface area (Å²) in [7, 11) is 0. The lowest BCUT2D eigenvalue weighted by molar-refractivity contribution is -0.384. The first kappa shape index (κ1) is 27.8. The highest BCUT2D eigenvalue weighted by Gasteiger charge is 2.29. The molecule has 0 aliphatic rings. The summed E-state index contributed by atoms with van der Waals surface area (Å²) in [6.45, 7) is 3.29. The van der Waals surface area contributed by atoms with Crippen LogP contribution in [0.1, 0.15) is 39.4 Å². The van der Waals surface area contributed by atoms with Crippen LogP contribution in [0.5, 0.6) is 5.75 Å². The molecular formula is C20H20F3N3O7S2. The Bertz CT molecular complexity index is 1140. The molecule has 1 aromatic heterocycles. The maximum Gasteiger partial charge on any atom is 0.422 e. The number of benzene rings is 1. The van der Waals surface area contributed by atoms with Gasteiger partial charge in [-0.2, -0.15) is 13.2 Å². The fourth-order valence-electron chi connectivity index (χ4n) is 2.72. The Hall–Kier alpha value is -3.46. The number of nitro groups is 1. The van der Waals surface area contributed by atoms with Crippen molar-refractivity contribution in [3.63, 3.8) is 0 Å². The topological polar surface area (TPSA) is 129 Å². The zero-order valence-electron chi connectivity index (χ0n) is 18.6. The largest absolute Gasteiger partial charge is 0.484 e. The number of nitro benzene ring substituents is 1. The number of rotatable bonds is 9. The zero-order chi connectivity index (χ0) is 26.3. The van der Waals surface area contributed by atoms with Gasteiger partial charge in [-0.3, -0.25) is 10.1 Å². The van der Waals surface area contributed by atoms with Crippen LogP contribution in [0.3, 0.4) is 0 Å². The summed E-state index contributed by atoms with van der Waals surface area (Å²) in [4.78, 5) is 35.3. The number of nitrogens with zero attached hydrogens (tertiary/aromatic N) is 1. The van der Waals surface area contributed by atoms with Crippen molar-refractivity contribution < 1.29 is 41.9 Å². The number of carbonyl (C=O) groups is 2. The van der Waals surface area contributed by atoms with Crippen LogP contribution in [-0.2, 0) is 9.47 Å². The lowest BCUT2D eigenvalue weighted by atomic mass is 10.1. The average Bonchev–Trinajstić information content (AvgIpc) is 3.07. The number of carbonyl (C=O) groups excluding carboxylic acids is 2. The predicted octanol–water partition coefficient (Wildman–Crippen LogP) is 5.07. The van der Waals surface area contributed by atoms with Gasteiger partial charge in [0, 0.05) is 12.1 Å². The fraction of sp³-hybridized carbons (Fsp3) is 0.350. The van der Waals surface area contributed by atoms with Crippen LogP contribution in [0.4, 0.5) is 29.5 Å². The number of hydrogen-bond acceptors (Lipinski definition) is 9. The molecule has 0 atom stereocenters. The number of non-ortho nitro benzene ring substituents is 1. The Balaban J connectivity index is 2.33. The maximum atomic E-state index is 12.5. The van der Waals surface area contributed by atoms with Crippen LogP contribution >= 0.6 is 23.6 Å². The Kier molecular flexibility index (Phi) is 9.36. The van der Waals surface area contributed by atoms with Crippen molar-refractivity contribution in [3.05, 3.63) is 44.3 Å². The average molecular weight is 536 g/mol. The normalized spacial score (nSPS) is 10.9. The maximum absolute atomic E-state index is 12.5. The summed E-state index contributed by atoms with van der Waals surface area (Å²) in [5, 5.41) is 16.5. The second-order valence-corrected chi connectivity index (χ2v) is 8.09. The number of esters is 2. The van der Waals surface area contributed by atoms with E-state index in [0.29, 0.717) is 5.56 Å². The minimum atomic E-state index is -4.65. The highest BCUT2D eigenvalue weighted by atomic mass is 32.1. The molecule has 0 saturated heterocycles. The number of halogens is 3. The van der Waals surface area contributed by atoms with E-state index in [2.05, 4.69) is 15.4 Å². The van der Waals surface area contributed by atoms with Crippen LogP contribution in [0.25, 0.3) is 0 Å². The molecule has 0 fully saturated rings. The van der Waals surface area contributed by atoms with E-state index in [-0.39, 0.29) is 39.5 Å². The van der Waals surface area contributed by atoms with Crippen LogP contribution in [0.2, 0.25) is 0 Å². The van der Waals surface area contributed by atoms with E-state index in [0.717, 1.165) is 29.5 Å². The molecule has 2 N–H and O–H groups in total. The second kappa shape index (κ2) is 11.8. The highest BCUT2D eigenvalue weighted by molar-refractivity contribution is 7.80. The van der Waals surface area contributed by atoms with Crippen molar-refractivity contribution in [2.75, 3.05) is 30.5 Å².